The molecule has 1 amide bonds. The van der Waals surface area contributed by atoms with Gasteiger partial charge in [-0.25, -0.2) is 15.0 Å². The number of pyridine rings is 1. The summed E-state index contributed by atoms with van der Waals surface area (Å²) in [6.07, 6.45) is 8.40. The number of nitrogens with one attached hydrogen (secondary N) is 1. The zero-order valence-electron chi connectivity index (χ0n) is 22.0. The van der Waals surface area contributed by atoms with Gasteiger partial charge in [0.15, 0.2) is 0 Å². The highest BCUT2D eigenvalue weighted by Gasteiger charge is 2.30. The summed E-state index contributed by atoms with van der Waals surface area (Å²) >= 11 is 1.51. The molecule has 2 fully saturated rings. The predicted octanol–water partition coefficient (Wildman–Crippen LogP) is 5.11. The van der Waals surface area contributed by atoms with E-state index in [0.717, 1.165) is 58.8 Å². The molecule has 3 aromatic rings. The lowest BCUT2D eigenvalue weighted by molar-refractivity contribution is 0.0831. The third-order valence-electron chi connectivity index (χ3n) is 7.65. The van der Waals surface area contributed by atoms with Crippen LogP contribution in [0, 0.1) is 0 Å². The minimum atomic E-state index is 0.0510. The second-order valence-electron chi connectivity index (χ2n) is 10.4. The minimum Gasteiger partial charge on any atom is -0.367 e. The third kappa shape index (κ3) is 4.78. The topological polar surface area (TPSA) is 77.5 Å². The number of carbonyl (C=O) groups is 1. The molecule has 1 saturated heterocycles. The van der Waals surface area contributed by atoms with E-state index in [-0.39, 0.29) is 5.91 Å². The Kier molecular flexibility index (Phi) is 7.12. The smallest absolute Gasteiger partial charge is 0.263 e. The molecule has 2 atom stereocenters. The molecule has 1 aliphatic heterocycles. The van der Waals surface area contributed by atoms with Crippen molar-refractivity contribution in [2.45, 2.75) is 64.5 Å². The highest BCUT2D eigenvalue weighted by Crippen LogP contribution is 2.43. The number of likely N-dealkylation sites (N-methyl/N-ethyl adjacent to an activating group) is 1. The van der Waals surface area contributed by atoms with Crippen LogP contribution in [-0.2, 0) is 0 Å². The van der Waals surface area contributed by atoms with Gasteiger partial charge in [-0.1, -0.05) is 19.8 Å². The van der Waals surface area contributed by atoms with Crippen LogP contribution in [0.5, 0.6) is 0 Å². The van der Waals surface area contributed by atoms with Crippen molar-refractivity contribution in [3.63, 3.8) is 0 Å². The van der Waals surface area contributed by atoms with Crippen molar-refractivity contribution >= 4 is 44.9 Å². The molecule has 2 aliphatic rings. The molecule has 0 aromatic carbocycles. The van der Waals surface area contributed by atoms with E-state index in [2.05, 4.69) is 51.9 Å². The van der Waals surface area contributed by atoms with Crippen molar-refractivity contribution < 1.29 is 4.79 Å². The van der Waals surface area contributed by atoms with E-state index in [4.69, 9.17) is 4.98 Å². The van der Waals surface area contributed by atoms with Gasteiger partial charge in [0.1, 0.15) is 5.82 Å². The van der Waals surface area contributed by atoms with Crippen molar-refractivity contribution in [2.24, 2.45) is 0 Å². The van der Waals surface area contributed by atoms with Gasteiger partial charge in [0, 0.05) is 44.8 Å². The monoisotopic (exact) mass is 507 g/mol. The Morgan fingerprint density at radius 1 is 1.11 bits per heavy atom. The van der Waals surface area contributed by atoms with Crippen molar-refractivity contribution in [3.05, 3.63) is 35.0 Å². The number of hydrogen-bond donors (Lipinski definition) is 1. The summed E-state index contributed by atoms with van der Waals surface area (Å²) in [5, 5.41) is 3.29. The average Bonchev–Trinajstić information content (AvgIpc) is 3.51. The summed E-state index contributed by atoms with van der Waals surface area (Å²) in [5.41, 5.74) is 3.15. The van der Waals surface area contributed by atoms with Crippen molar-refractivity contribution in [3.8, 4) is 0 Å². The zero-order valence-corrected chi connectivity index (χ0v) is 22.8. The molecule has 4 heterocycles. The number of carbonyl (C=O) groups excluding carboxylic acids is 1. The number of nitrogens with zero attached hydrogens (tertiary/aromatic N) is 6. The van der Waals surface area contributed by atoms with Crippen LogP contribution >= 0.6 is 11.3 Å². The number of rotatable bonds is 6. The molecule has 5 rings (SSSR count). The Balaban J connectivity index is 1.38. The molecule has 0 unspecified atom stereocenters. The number of hydrogen-bond acceptors (Lipinski definition) is 8. The number of piperazine rings is 1. The second kappa shape index (κ2) is 10.3. The van der Waals surface area contributed by atoms with Gasteiger partial charge in [-0.15, -0.1) is 11.3 Å². The molecule has 1 N–H and O–H groups in total. The number of aromatic nitrogens is 3. The number of thiophene rings is 1. The molecule has 36 heavy (non-hydrogen) atoms. The van der Waals surface area contributed by atoms with E-state index < -0.39 is 0 Å². The Hall–Kier alpha value is -2.78. The maximum Gasteiger partial charge on any atom is 0.263 e. The van der Waals surface area contributed by atoms with Crippen LogP contribution in [0.2, 0.25) is 0 Å². The lowest BCUT2D eigenvalue weighted by Gasteiger charge is -2.44. The summed E-state index contributed by atoms with van der Waals surface area (Å²) in [6, 6.07) is 5.15. The number of fused-ring (bicyclic) bond motifs is 1. The zero-order chi connectivity index (χ0) is 25.4. The van der Waals surface area contributed by atoms with Crippen LogP contribution in [0.15, 0.2) is 24.5 Å². The quantitative estimate of drug-likeness (QED) is 0.497. The van der Waals surface area contributed by atoms with Gasteiger partial charge in [0.25, 0.3) is 5.91 Å². The molecule has 1 aliphatic carbocycles. The predicted molar refractivity (Wildman–Crippen MR) is 148 cm³/mol. The summed E-state index contributed by atoms with van der Waals surface area (Å²) in [7, 11) is 3.62. The molecular formula is C27H37N7OS. The van der Waals surface area contributed by atoms with Gasteiger partial charge in [-0.3, -0.25) is 9.69 Å². The lowest BCUT2D eigenvalue weighted by atomic mass is 9.96. The molecule has 0 bridgehead atoms. The van der Waals surface area contributed by atoms with E-state index in [1.165, 1.54) is 24.2 Å². The maximum absolute atomic E-state index is 13.0. The number of anilines is 3. The van der Waals surface area contributed by atoms with Gasteiger partial charge in [0.05, 0.1) is 33.2 Å². The first-order valence-corrected chi connectivity index (χ1v) is 13.9. The van der Waals surface area contributed by atoms with Gasteiger partial charge in [-0.05, 0) is 51.3 Å². The van der Waals surface area contributed by atoms with Gasteiger partial charge >= 0.3 is 0 Å². The highest BCUT2D eigenvalue weighted by atomic mass is 32.1. The summed E-state index contributed by atoms with van der Waals surface area (Å²) in [4.78, 5) is 34.5. The Labute approximate surface area is 217 Å². The van der Waals surface area contributed by atoms with Crippen LogP contribution in [-0.4, -0.2) is 76.5 Å². The molecule has 1 saturated carbocycles. The van der Waals surface area contributed by atoms with Crippen LogP contribution in [0.4, 0.5) is 17.5 Å². The van der Waals surface area contributed by atoms with E-state index in [1.807, 2.05) is 32.6 Å². The Morgan fingerprint density at radius 3 is 2.44 bits per heavy atom. The number of amides is 1. The van der Waals surface area contributed by atoms with Crippen LogP contribution < -0.4 is 10.2 Å². The second-order valence-corrected chi connectivity index (χ2v) is 11.4. The van der Waals surface area contributed by atoms with Gasteiger partial charge in [0.2, 0.25) is 5.95 Å². The van der Waals surface area contributed by atoms with Crippen LogP contribution in [0.25, 0.3) is 10.2 Å². The standard InChI is InChI=1S/C27H37N7OS/c1-6-34-17(2)15-33(16-18(34)3)20-11-12-22(28-13-20)30-27-29-14-21-24(31-27)23(19-9-7-8-10-19)25(36-21)26(35)32(4)5/h11-14,17-19H,6-10,15-16H2,1-5H3,(H,28,29,30,31)/t17-,18+. The summed E-state index contributed by atoms with van der Waals surface area (Å²) < 4.78 is 0.963. The fraction of sp³-hybridized carbons (Fsp3) is 0.556. The molecular weight excluding hydrogens is 470 g/mol. The van der Waals surface area contributed by atoms with Gasteiger partial charge < -0.3 is 15.1 Å². The largest absolute Gasteiger partial charge is 0.367 e. The SMILES string of the molecule is CCN1[C@H](C)CN(c2ccc(Nc3ncc4sc(C(=O)N(C)C)c(C5CCCC5)c4n3)nc2)C[C@@H]1C. The highest BCUT2D eigenvalue weighted by molar-refractivity contribution is 7.21. The first-order chi connectivity index (χ1) is 17.4. The maximum atomic E-state index is 13.0. The first kappa shape index (κ1) is 24.9. The minimum absolute atomic E-state index is 0.0510. The van der Waals surface area contributed by atoms with Crippen molar-refractivity contribution in [2.75, 3.05) is 43.9 Å². The molecule has 192 valence electrons. The van der Waals surface area contributed by atoms with E-state index in [0.29, 0.717) is 29.8 Å². The molecule has 8 nitrogen and oxygen atoms in total. The molecule has 0 radical (unpaired) electrons. The fourth-order valence-electron chi connectivity index (χ4n) is 5.88. The summed E-state index contributed by atoms with van der Waals surface area (Å²) in [5.74, 6) is 1.67. The first-order valence-electron chi connectivity index (χ1n) is 13.1. The van der Waals surface area contributed by atoms with Crippen molar-refractivity contribution in [1.82, 2.24) is 24.8 Å². The molecule has 9 heteroatoms. The van der Waals surface area contributed by atoms with E-state index >= 15 is 0 Å². The Bertz CT molecular complexity index is 1210. The third-order valence-corrected chi connectivity index (χ3v) is 8.77. The lowest BCUT2D eigenvalue weighted by Crippen LogP contribution is -2.56. The van der Waals surface area contributed by atoms with Crippen LogP contribution in [0.1, 0.15) is 67.6 Å². The normalized spacial score (nSPS) is 21.3. The summed E-state index contributed by atoms with van der Waals surface area (Å²) in [6.45, 7) is 9.91. The molecule has 0 spiro atoms. The average molecular weight is 508 g/mol. The van der Waals surface area contributed by atoms with E-state index in [9.17, 15) is 4.79 Å². The van der Waals surface area contributed by atoms with Crippen LogP contribution in [0.3, 0.4) is 0 Å². The molecule has 3 aromatic heterocycles. The van der Waals surface area contributed by atoms with Crippen molar-refractivity contribution in [1.29, 1.82) is 0 Å². The van der Waals surface area contributed by atoms with E-state index in [1.54, 1.807) is 4.90 Å². The Morgan fingerprint density at radius 2 is 1.83 bits per heavy atom. The fourth-order valence-corrected chi connectivity index (χ4v) is 7.10. The van der Waals surface area contributed by atoms with Gasteiger partial charge in [-0.2, -0.15) is 0 Å².